The molecule has 0 bridgehead atoms. The molecular formula is C6H7Cl2N5O. The Morgan fingerprint density at radius 2 is 2.21 bits per heavy atom. The van der Waals surface area contributed by atoms with Gasteiger partial charge in [-0.1, -0.05) is 11.6 Å². The number of rotatable bonds is 1. The molecule has 1 amide bonds. The molecule has 0 saturated heterocycles. The van der Waals surface area contributed by atoms with Crippen molar-refractivity contribution in [2.24, 2.45) is 5.73 Å². The van der Waals surface area contributed by atoms with Crippen molar-refractivity contribution in [1.82, 2.24) is 15.3 Å². The molecule has 0 spiro atoms. The number of nitrogens with two attached hydrogens (primary N) is 1. The average molecular weight is 236 g/mol. The van der Waals surface area contributed by atoms with Gasteiger partial charge in [-0.05, 0) is 0 Å². The minimum absolute atomic E-state index is 0. The number of hydrogen-bond acceptors (Lipinski definition) is 4. The van der Waals surface area contributed by atoms with E-state index in [2.05, 4.69) is 9.97 Å². The summed E-state index contributed by atoms with van der Waals surface area (Å²) in [5.41, 5.74) is 4.96. The Bertz CT molecular complexity index is 356. The lowest BCUT2D eigenvalue weighted by atomic mass is 10.4. The molecule has 0 saturated carbocycles. The van der Waals surface area contributed by atoms with Crippen molar-refractivity contribution in [2.75, 3.05) is 0 Å². The summed E-state index contributed by atoms with van der Waals surface area (Å²) in [6.45, 7) is 0. The van der Waals surface area contributed by atoms with Gasteiger partial charge in [0.1, 0.15) is 10.8 Å². The van der Waals surface area contributed by atoms with E-state index < -0.39 is 11.9 Å². The number of guanidine groups is 1. The van der Waals surface area contributed by atoms with Gasteiger partial charge < -0.3 is 5.73 Å². The predicted octanol–water partition coefficient (Wildman–Crippen LogP) is 0.175. The second kappa shape index (κ2) is 5.36. The molecule has 1 heterocycles. The van der Waals surface area contributed by atoms with Gasteiger partial charge in [-0.25, -0.2) is 4.98 Å². The minimum atomic E-state index is -0.609. The molecule has 0 aliphatic rings. The van der Waals surface area contributed by atoms with Crippen molar-refractivity contribution >= 4 is 35.9 Å². The molecule has 0 aliphatic heterocycles. The predicted molar refractivity (Wildman–Crippen MR) is 53.7 cm³/mol. The zero-order valence-electron chi connectivity index (χ0n) is 6.82. The van der Waals surface area contributed by atoms with E-state index in [1.165, 1.54) is 12.4 Å². The Balaban J connectivity index is 0.00000169. The van der Waals surface area contributed by atoms with Gasteiger partial charge >= 0.3 is 0 Å². The van der Waals surface area contributed by atoms with Crippen LogP contribution >= 0.6 is 24.0 Å². The van der Waals surface area contributed by atoms with E-state index in [0.717, 1.165) is 0 Å². The number of nitrogens with zero attached hydrogens (tertiary/aromatic N) is 2. The van der Waals surface area contributed by atoms with Gasteiger partial charge in [-0.2, -0.15) is 0 Å². The van der Waals surface area contributed by atoms with Crippen LogP contribution in [0, 0.1) is 5.41 Å². The fourth-order valence-electron chi connectivity index (χ4n) is 0.638. The van der Waals surface area contributed by atoms with Crippen molar-refractivity contribution in [3.05, 3.63) is 23.2 Å². The van der Waals surface area contributed by atoms with Crippen molar-refractivity contribution < 1.29 is 4.79 Å². The standard InChI is InChI=1S/C6H6ClN5O.ClH/c7-4-2-10-1-3(11-4)5(13)12-6(8)9;/h1-2H,(H4,8,9,12,13);1H. The van der Waals surface area contributed by atoms with Crippen molar-refractivity contribution in [3.8, 4) is 0 Å². The van der Waals surface area contributed by atoms with Gasteiger partial charge in [0.05, 0.1) is 12.4 Å². The molecule has 0 unspecified atom stereocenters. The highest BCUT2D eigenvalue weighted by Gasteiger charge is 2.08. The van der Waals surface area contributed by atoms with Crippen molar-refractivity contribution in [2.45, 2.75) is 0 Å². The van der Waals surface area contributed by atoms with Crippen LogP contribution < -0.4 is 11.1 Å². The summed E-state index contributed by atoms with van der Waals surface area (Å²) < 4.78 is 0. The number of carbonyl (C=O) groups excluding carboxylic acids is 1. The zero-order valence-corrected chi connectivity index (χ0v) is 8.39. The van der Waals surface area contributed by atoms with Crippen LogP contribution in [0.5, 0.6) is 0 Å². The van der Waals surface area contributed by atoms with E-state index in [1.807, 2.05) is 5.32 Å². The summed E-state index contributed by atoms with van der Waals surface area (Å²) in [6, 6.07) is 0. The lowest BCUT2D eigenvalue weighted by Gasteiger charge is -2.00. The van der Waals surface area contributed by atoms with Crippen LogP contribution in [-0.4, -0.2) is 21.8 Å². The normalized spacial score (nSPS) is 8.64. The van der Waals surface area contributed by atoms with Crippen LogP contribution in [0.1, 0.15) is 10.5 Å². The third-order valence-electron chi connectivity index (χ3n) is 1.09. The molecular weight excluding hydrogens is 229 g/mol. The summed E-state index contributed by atoms with van der Waals surface area (Å²) >= 11 is 5.49. The molecule has 0 atom stereocenters. The number of aromatic nitrogens is 2. The Morgan fingerprint density at radius 1 is 1.57 bits per heavy atom. The van der Waals surface area contributed by atoms with E-state index >= 15 is 0 Å². The second-order valence-electron chi connectivity index (χ2n) is 2.09. The Kier molecular flexibility index (Phi) is 4.82. The first-order valence-electron chi connectivity index (χ1n) is 3.22. The van der Waals surface area contributed by atoms with Crippen molar-refractivity contribution in [1.29, 1.82) is 5.41 Å². The molecule has 0 aliphatic carbocycles. The highest BCUT2D eigenvalue weighted by atomic mass is 35.5. The van der Waals surface area contributed by atoms with Gasteiger partial charge in [0, 0.05) is 0 Å². The number of hydrogen-bond donors (Lipinski definition) is 3. The third kappa shape index (κ3) is 3.55. The lowest BCUT2D eigenvalue weighted by molar-refractivity contribution is 0.0971. The van der Waals surface area contributed by atoms with Crippen LogP contribution in [0.2, 0.25) is 5.15 Å². The van der Waals surface area contributed by atoms with Gasteiger partial charge in [0.2, 0.25) is 0 Å². The first kappa shape index (κ1) is 12.6. The van der Waals surface area contributed by atoms with E-state index in [0.29, 0.717) is 0 Å². The van der Waals surface area contributed by atoms with E-state index in [9.17, 15) is 4.79 Å². The maximum atomic E-state index is 11.1. The highest BCUT2D eigenvalue weighted by Crippen LogP contribution is 2.01. The largest absolute Gasteiger partial charge is 0.370 e. The molecule has 14 heavy (non-hydrogen) atoms. The second-order valence-corrected chi connectivity index (χ2v) is 2.48. The number of nitrogens with one attached hydrogen (secondary N) is 2. The lowest BCUT2D eigenvalue weighted by Crippen LogP contribution is -2.36. The van der Waals surface area contributed by atoms with Crippen LogP contribution in [0.3, 0.4) is 0 Å². The number of halogens is 2. The van der Waals surface area contributed by atoms with Gasteiger partial charge in [-0.15, -0.1) is 12.4 Å². The van der Waals surface area contributed by atoms with Gasteiger partial charge in [0.15, 0.2) is 5.96 Å². The Morgan fingerprint density at radius 3 is 2.71 bits per heavy atom. The maximum Gasteiger partial charge on any atom is 0.278 e. The smallest absolute Gasteiger partial charge is 0.278 e. The van der Waals surface area contributed by atoms with Crippen LogP contribution in [-0.2, 0) is 0 Å². The topological polar surface area (TPSA) is 105 Å². The molecule has 76 valence electrons. The Labute approximate surface area is 90.8 Å². The molecule has 0 fully saturated rings. The van der Waals surface area contributed by atoms with E-state index in [4.69, 9.17) is 22.7 Å². The summed E-state index contributed by atoms with van der Waals surface area (Å²) in [5, 5.41) is 8.95. The first-order valence-corrected chi connectivity index (χ1v) is 3.60. The van der Waals surface area contributed by atoms with Crippen LogP contribution in [0.15, 0.2) is 12.4 Å². The highest BCUT2D eigenvalue weighted by molar-refractivity contribution is 6.29. The Hall–Kier alpha value is -1.40. The summed E-state index contributed by atoms with van der Waals surface area (Å²) in [4.78, 5) is 18.4. The fourth-order valence-corrected chi connectivity index (χ4v) is 0.785. The molecule has 1 aromatic heterocycles. The summed E-state index contributed by atoms with van der Waals surface area (Å²) in [7, 11) is 0. The summed E-state index contributed by atoms with van der Waals surface area (Å²) in [5.74, 6) is -1.06. The molecule has 0 aromatic carbocycles. The van der Waals surface area contributed by atoms with Crippen LogP contribution in [0.25, 0.3) is 0 Å². The van der Waals surface area contributed by atoms with Crippen molar-refractivity contribution in [3.63, 3.8) is 0 Å². The molecule has 1 aromatic rings. The third-order valence-corrected chi connectivity index (χ3v) is 1.27. The SMILES string of the molecule is Cl.N=C(N)NC(=O)c1cncc(Cl)n1. The number of carbonyl (C=O) groups is 1. The maximum absolute atomic E-state index is 11.1. The van der Waals surface area contributed by atoms with Crippen LogP contribution in [0.4, 0.5) is 0 Å². The fraction of sp³-hybridized carbons (Fsp3) is 0. The van der Waals surface area contributed by atoms with E-state index in [-0.39, 0.29) is 23.3 Å². The monoisotopic (exact) mass is 235 g/mol. The molecule has 1 rings (SSSR count). The molecule has 8 heteroatoms. The molecule has 4 N–H and O–H groups in total. The summed E-state index contributed by atoms with van der Waals surface area (Å²) in [6.07, 6.45) is 2.52. The minimum Gasteiger partial charge on any atom is -0.370 e. The average Bonchev–Trinajstić information content (AvgIpc) is 2.03. The number of amides is 1. The van der Waals surface area contributed by atoms with Gasteiger partial charge in [0.25, 0.3) is 5.91 Å². The van der Waals surface area contributed by atoms with E-state index in [1.54, 1.807) is 0 Å². The zero-order chi connectivity index (χ0) is 9.84. The first-order chi connectivity index (χ1) is 6.09. The molecule has 6 nitrogen and oxygen atoms in total. The molecule has 0 radical (unpaired) electrons. The van der Waals surface area contributed by atoms with Gasteiger partial charge in [-0.3, -0.25) is 20.5 Å². The quantitative estimate of drug-likeness (QED) is 0.477.